The van der Waals surface area contributed by atoms with Crippen LogP contribution in [0.4, 0.5) is 10.5 Å². The van der Waals surface area contributed by atoms with E-state index >= 15 is 0 Å². The Hall–Kier alpha value is -2.10. The molecule has 0 aliphatic heterocycles. The maximum absolute atomic E-state index is 12.6. The van der Waals surface area contributed by atoms with Crippen molar-refractivity contribution in [1.82, 2.24) is 4.72 Å². The third kappa shape index (κ3) is 5.49. The molecule has 0 saturated carbocycles. The first-order valence-corrected chi connectivity index (χ1v) is 11.6. The second-order valence-corrected chi connectivity index (χ2v) is 10.4. The molecule has 2 amide bonds. The summed E-state index contributed by atoms with van der Waals surface area (Å²) in [6.07, 6.45) is 0. The third-order valence-electron chi connectivity index (χ3n) is 4.28. The Bertz CT molecular complexity index is 1010. The van der Waals surface area contributed by atoms with Crippen LogP contribution >= 0.6 is 22.9 Å². The van der Waals surface area contributed by atoms with Crippen molar-refractivity contribution < 1.29 is 18.4 Å². The van der Waals surface area contributed by atoms with Gasteiger partial charge in [-0.05, 0) is 48.1 Å². The molecule has 2 rings (SSSR count). The summed E-state index contributed by atoms with van der Waals surface area (Å²) in [7, 11) is -4.08. The Morgan fingerprint density at radius 2 is 1.69 bits per heavy atom. The van der Waals surface area contributed by atoms with Crippen LogP contribution in [0.3, 0.4) is 0 Å². The van der Waals surface area contributed by atoms with E-state index in [0.29, 0.717) is 16.3 Å². The van der Waals surface area contributed by atoms with Crippen LogP contribution in [0.25, 0.3) is 0 Å². The SMILES string of the molecule is CC(=NO)c1csc(S(=O)(=O)NC(=O)Nc2c(C(C)C)cc(Cl)cc2C(C)C)c1. The fourth-order valence-electron chi connectivity index (χ4n) is 2.72. The monoisotopic (exact) mass is 457 g/mol. The molecule has 0 fully saturated rings. The first-order chi connectivity index (χ1) is 13.5. The first kappa shape index (κ1) is 23.2. The molecule has 29 heavy (non-hydrogen) atoms. The number of nitrogens with zero attached hydrogens (tertiary/aromatic N) is 1. The summed E-state index contributed by atoms with van der Waals surface area (Å²) < 4.78 is 27.1. The van der Waals surface area contributed by atoms with E-state index in [1.54, 1.807) is 19.1 Å². The van der Waals surface area contributed by atoms with E-state index in [2.05, 4.69) is 10.5 Å². The molecule has 2 aromatic rings. The number of carbonyl (C=O) groups is 1. The highest BCUT2D eigenvalue weighted by Gasteiger charge is 2.23. The standard InChI is InChI=1S/C19H24ClN3O4S2/c1-10(2)15-7-14(20)8-16(11(3)4)18(15)21-19(24)23-29(26,27)17-6-13(9-28-17)12(5)22-25/h6-11,25H,1-5H3,(H2,21,23,24). The molecule has 1 aromatic carbocycles. The topological polar surface area (TPSA) is 108 Å². The van der Waals surface area contributed by atoms with E-state index in [1.807, 2.05) is 32.4 Å². The Labute approximate surface area is 179 Å². The van der Waals surface area contributed by atoms with Gasteiger partial charge in [0.1, 0.15) is 4.21 Å². The number of thiophene rings is 1. The van der Waals surface area contributed by atoms with Crippen molar-refractivity contribution in [3.63, 3.8) is 0 Å². The number of nitrogens with one attached hydrogen (secondary N) is 2. The van der Waals surface area contributed by atoms with Crippen molar-refractivity contribution >= 4 is 50.4 Å². The van der Waals surface area contributed by atoms with Gasteiger partial charge in [-0.3, -0.25) is 0 Å². The van der Waals surface area contributed by atoms with Crippen LogP contribution in [-0.2, 0) is 10.0 Å². The Balaban J connectivity index is 2.32. The van der Waals surface area contributed by atoms with Crippen molar-refractivity contribution in [2.75, 3.05) is 5.32 Å². The quantitative estimate of drug-likeness (QED) is 0.308. The fraction of sp³-hybridized carbons (Fsp3) is 0.368. The van der Waals surface area contributed by atoms with Crippen molar-refractivity contribution in [2.24, 2.45) is 5.16 Å². The summed E-state index contributed by atoms with van der Waals surface area (Å²) in [6, 6.07) is 4.02. The summed E-state index contributed by atoms with van der Waals surface area (Å²) >= 11 is 7.15. The number of benzene rings is 1. The Morgan fingerprint density at radius 1 is 1.14 bits per heavy atom. The molecule has 10 heteroatoms. The Morgan fingerprint density at radius 3 is 2.17 bits per heavy atom. The van der Waals surface area contributed by atoms with Crippen molar-refractivity contribution in [3.05, 3.63) is 45.3 Å². The lowest BCUT2D eigenvalue weighted by Gasteiger charge is -2.21. The third-order valence-corrected chi connectivity index (χ3v) is 7.27. The number of amides is 2. The zero-order chi connectivity index (χ0) is 21.9. The number of rotatable bonds is 6. The Kier molecular flexibility index (Phi) is 7.31. The number of hydrogen-bond donors (Lipinski definition) is 3. The van der Waals surface area contributed by atoms with Gasteiger partial charge in [-0.1, -0.05) is 44.5 Å². The molecule has 0 atom stereocenters. The molecular weight excluding hydrogens is 434 g/mol. The molecule has 1 aromatic heterocycles. The van der Waals surface area contributed by atoms with Crippen molar-refractivity contribution in [2.45, 2.75) is 50.7 Å². The molecular formula is C19H24ClN3O4S2. The summed E-state index contributed by atoms with van der Waals surface area (Å²) in [5, 5.41) is 16.7. The van der Waals surface area contributed by atoms with E-state index in [4.69, 9.17) is 16.8 Å². The van der Waals surface area contributed by atoms with Crippen molar-refractivity contribution in [1.29, 1.82) is 0 Å². The van der Waals surface area contributed by atoms with E-state index in [9.17, 15) is 13.2 Å². The van der Waals surface area contributed by atoms with Crippen LogP contribution in [0.2, 0.25) is 5.02 Å². The summed E-state index contributed by atoms with van der Waals surface area (Å²) in [5.74, 6) is 0.136. The number of oxime groups is 1. The van der Waals surface area contributed by atoms with Gasteiger partial charge in [0.2, 0.25) is 0 Å². The molecule has 0 bridgehead atoms. The number of hydrogen-bond acceptors (Lipinski definition) is 6. The number of halogens is 1. The molecule has 0 radical (unpaired) electrons. The maximum Gasteiger partial charge on any atom is 0.333 e. The molecule has 0 unspecified atom stereocenters. The van der Waals surface area contributed by atoms with Gasteiger partial charge in [-0.25, -0.2) is 17.9 Å². The smallest absolute Gasteiger partial charge is 0.333 e. The lowest BCUT2D eigenvalue weighted by Crippen LogP contribution is -2.34. The van der Waals surface area contributed by atoms with Gasteiger partial charge >= 0.3 is 6.03 Å². The summed E-state index contributed by atoms with van der Waals surface area (Å²) in [6.45, 7) is 9.41. The van der Waals surface area contributed by atoms with E-state index in [0.717, 1.165) is 22.5 Å². The minimum absolute atomic E-state index is 0.0603. The molecule has 0 aliphatic carbocycles. The van der Waals surface area contributed by atoms with Crippen LogP contribution in [0.5, 0.6) is 0 Å². The van der Waals surface area contributed by atoms with Crippen LogP contribution in [-0.4, -0.2) is 25.4 Å². The lowest BCUT2D eigenvalue weighted by atomic mass is 9.92. The van der Waals surface area contributed by atoms with Crippen LogP contribution in [0.1, 0.15) is 63.1 Å². The molecule has 1 heterocycles. The number of anilines is 1. The highest BCUT2D eigenvalue weighted by Crippen LogP contribution is 2.35. The van der Waals surface area contributed by atoms with Gasteiger partial charge in [-0.15, -0.1) is 11.3 Å². The first-order valence-electron chi connectivity index (χ1n) is 8.91. The predicted octanol–water partition coefficient (Wildman–Crippen LogP) is 5.36. The minimum Gasteiger partial charge on any atom is -0.411 e. The van der Waals surface area contributed by atoms with E-state index in [1.165, 1.54) is 11.4 Å². The zero-order valence-corrected chi connectivity index (χ0v) is 19.2. The molecule has 0 aliphatic rings. The number of sulfonamides is 1. The summed E-state index contributed by atoms with van der Waals surface area (Å²) in [5.41, 5.74) is 2.93. The van der Waals surface area contributed by atoms with E-state index < -0.39 is 16.1 Å². The molecule has 7 nitrogen and oxygen atoms in total. The van der Waals surface area contributed by atoms with Crippen LogP contribution in [0, 0.1) is 0 Å². The highest BCUT2D eigenvalue weighted by atomic mass is 35.5. The van der Waals surface area contributed by atoms with Gasteiger partial charge < -0.3 is 10.5 Å². The lowest BCUT2D eigenvalue weighted by molar-refractivity contribution is 0.256. The van der Waals surface area contributed by atoms with Gasteiger partial charge in [0, 0.05) is 21.7 Å². The van der Waals surface area contributed by atoms with Gasteiger partial charge in [0.25, 0.3) is 10.0 Å². The average molecular weight is 458 g/mol. The van der Waals surface area contributed by atoms with Crippen LogP contribution < -0.4 is 10.0 Å². The van der Waals surface area contributed by atoms with Crippen molar-refractivity contribution in [3.8, 4) is 0 Å². The second kappa shape index (κ2) is 9.15. The molecule has 0 spiro atoms. The number of carbonyl (C=O) groups excluding carboxylic acids is 1. The minimum atomic E-state index is -4.08. The van der Waals surface area contributed by atoms with E-state index in [-0.39, 0.29) is 21.8 Å². The largest absolute Gasteiger partial charge is 0.411 e. The second-order valence-electron chi connectivity index (χ2n) is 7.17. The van der Waals surface area contributed by atoms with Gasteiger partial charge in [0.15, 0.2) is 0 Å². The van der Waals surface area contributed by atoms with Gasteiger partial charge in [-0.2, -0.15) is 0 Å². The molecule has 3 N–H and O–H groups in total. The molecule has 0 saturated heterocycles. The zero-order valence-electron chi connectivity index (χ0n) is 16.8. The predicted molar refractivity (Wildman–Crippen MR) is 117 cm³/mol. The van der Waals surface area contributed by atoms with Crippen LogP contribution in [0.15, 0.2) is 32.9 Å². The maximum atomic E-state index is 12.6. The average Bonchev–Trinajstić information content (AvgIpc) is 3.12. The summed E-state index contributed by atoms with van der Waals surface area (Å²) in [4.78, 5) is 12.5. The highest BCUT2D eigenvalue weighted by molar-refractivity contribution is 7.92. The fourth-order valence-corrected chi connectivity index (χ4v) is 5.09. The molecule has 158 valence electrons. The normalized spacial score (nSPS) is 12.5. The number of urea groups is 1. The van der Waals surface area contributed by atoms with Gasteiger partial charge in [0.05, 0.1) is 5.71 Å².